The predicted octanol–water partition coefficient (Wildman–Crippen LogP) is 8.71. The number of amides is 1. The first-order chi connectivity index (χ1) is 20.5. The Bertz CT molecular complexity index is 1370. The second-order valence-corrected chi connectivity index (χ2v) is 12.9. The van der Waals surface area contributed by atoms with E-state index in [-0.39, 0.29) is 30.1 Å². The van der Waals surface area contributed by atoms with Crippen LogP contribution in [0.5, 0.6) is 23.0 Å². The molecule has 43 heavy (non-hydrogen) atoms. The first-order valence-electron chi connectivity index (χ1n) is 15.3. The van der Waals surface area contributed by atoms with E-state index < -0.39 is 0 Å². The standard InChI is InChI=1S/C36H46ClNO5/c1-7-35(3,4)27-12-18-31(30(22-27)36(5,6)8-2)40-20-10-9-19-38(23-26-11-17-32-33(21-26)43-25-42-32)34(39)24-41-29-15-13-28(37)14-16-29/h11-18,21-22H,7-10,19-20,23-25H2,1-6H3. The topological polar surface area (TPSA) is 57.2 Å². The minimum absolute atomic E-state index is 0.00703. The lowest BCUT2D eigenvalue weighted by Gasteiger charge is -2.30. The zero-order valence-corrected chi connectivity index (χ0v) is 27.3. The van der Waals surface area contributed by atoms with Gasteiger partial charge in [0.1, 0.15) is 11.5 Å². The summed E-state index contributed by atoms with van der Waals surface area (Å²) >= 11 is 5.99. The number of carbonyl (C=O) groups is 1. The maximum Gasteiger partial charge on any atom is 0.260 e. The lowest BCUT2D eigenvalue weighted by molar-refractivity contribution is -0.134. The van der Waals surface area contributed by atoms with Gasteiger partial charge in [-0.3, -0.25) is 4.79 Å². The number of hydrogen-bond acceptors (Lipinski definition) is 5. The van der Waals surface area contributed by atoms with Gasteiger partial charge < -0.3 is 23.8 Å². The van der Waals surface area contributed by atoms with Crippen LogP contribution in [0.1, 0.15) is 83.9 Å². The number of hydrogen-bond donors (Lipinski definition) is 0. The molecule has 0 saturated carbocycles. The van der Waals surface area contributed by atoms with Crippen LogP contribution in [0.15, 0.2) is 60.7 Å². The van der Waals surface area contributed by atoms with Crippen molar-refractivity contribution in [3.05, 3.63) is 82.4 Å². The van der Waals surface area contributed by atoms with Gasteiger partial charge >= 0.3 is 0 Å². The van der Waals surface area contributed by atoms with Crippen LogP contribution in [-0.4, -0.2) is 37.4 Å². The van der Waals surface area contributed by atoms with Crippen LogP contribution in [0.4, 0.5) is 0 Å². The number of benzene rings is 3. The van der Waals surface area contributed by atoms with Crippen LogP contribution in [0.3, 0.4) is 0 Å². The number of carbonyl (C=O) groups excluding carboxylic acids is 1. The van der Waals surface area contributed by atoms with Crippen LogP contribution in [0.25, 0.3) is 0 Å². The summed E-state index contributed by atoms with van der Waals surface area (Å²) in [4.78, 5) is 15.2. The molecular formula is C36H46ClNO5. The van der Waals surface area contributed by atoms with Crippen molar-refractivity contribution in [1.29, 1.82) is 0 Å². The number of halogens is 1. The number of ether oxygens (including phenoxy) is 4. The summed E-state index contributed by atoms with van der Waals surface area (Å²) in [6.07, 6.45) is 3.71. The molecule has 0 fully saturated rings. The summed E-state index contributed by atoms with van der Waals surface area (Å²) in [6.45, 7) is 15.4. The molecule has 1 aliphatic rings. The molecule has 1 aliphatic heterocycles. The summed E-state index contributed by atoms with van der Waals surface area (Å²) < 4.78 is 23.2. The third-order valence-electron chi connectivity index (χ3n) is 8.68. The van der Waals surface area contributed by atoms with Gasteiger partial charge in [0, 0.05) is 23.7 Å². The van der Waals surface area contributed by atoms with Crippen molar-refractivity contribution in [2.24, 2.45) is 0 Å². The summed E-state index contributed by atoms with van der Waals surface area (Å²) in [5.74, 6) is 2.90. The quantitative estimate of drug-likeness (QED) is 0.162. The highest BCUT2D eigenvalue weighted by atomic mass is 35.5. The van der Waals surface area contributed by atoms with Gasteiger partial charge in [-0.15, -0.1) is 0 Å². The fourth-order valence-electron chi connectivity index (χ4n) is 4.91. The molecule has 0 bridgehead atoms. The SMILES string of the molecule is CCC(C)(C)c1ccc(OCCCCN(Cc2ccc3c(c2)OCO3)C(=O)COc2ccc(Cl)cc2)c(C(C)(C)CC)c1. The highest BCUT2D eigenvalue weighted by Crippen LogP contribution is 2.38. The molecule has 0 aliphatic carbocycles. The molecule has 3 aromatic carbocycles. The second-order valence-electron chi connectivity index (χ2n) is 12.5. The van der Waals surface area contributed by atoms with Crippen LogP contribution in [0, 0.1) is 0 Å². The Morgan fingerprint density at radius 2 is 1.58 bits per heavy atom. The fourth-order valence-corrected chi connectivity index (χ4v) is 5.03. The lowest BCUT2D eigenvalue weighted by Crippen LogP contribution is -2.35. The van der Waals surface area contributed by atoms with Gasteiger partial charge in [0.05, 0.1) is 6.61 Å². The van der Waals surface area contributed by atoms with Gasteiger partial charge in [-0.1, -0.05) is 71.3 Å². The first kappa shape index (κ1) is 32.5. The molecule has 0 N–H and O–H groups in total. The lowest BCUT2D eigenvalue weighted by atomic mass is 9.76. The van der Waals surface area contributed by atoms with Crippen LogP contribution in [-0.2, 0) is 22.2 Å². The monoisotopic (exact) mass is 607 g/mol. The normalized spacial score (nSPS) is 12.7. The Hall–Kier alpha value is -3.38. The number of nitrogens with zero attached hydrogens (tertiary/aromatic N) is 1. The zero-order chi connectivity index (χ0) is 31.0. The fraction of sp³-hybridized carbons (Fsp3) is 0.472. The van der Waals surface area contributed by atoms with Gasteiger partial charge in [0.25, 0.3) is 5.91 Å². The van der Waals surface area contributed by atoms with E-state index in [2.05, 4.69) is 59.7 Å². The van der Waals surface area contributed by atoms with Gasteiger partial charge in [0.2, 0.25) is 6.79 Å². The minimum atomic E-state index is -0.0883. The second kappa shape index (κ2) is 14.4. The van der Waals surface area contributed by atoms with Crippen molar-refractivity contribution in [3.8, 4) is 23.0 Å². The highest BCUT2D eigenvalue weighted by molar-refractivity contribution is 6.30. The van der Waals surface area contributed by atoms with Crippen LogP contribution < -0.4 is 18.9 Å². The smallest absolute Gasteiger partial charge is 0.260 e. The maximum absolute atomic E-state index is 13.3. The molecule has 6 nitrogen and oxygen atoms in total. The highest BCUT2D eigenvalue weighted by Gasteiger charge is 2.26. The van der Waals surface area contributed by atoms with Crippen molar-refractivity contribution in [3.63, 3.8) is 0 Å². The molecule has 232 valence electrons. The molecule has 0 atom stereocenters. The molecule has 7 heteroatoms. The Kier molecular flexibility index (Phi) is 10.9. The zero-order valence-electron chi connectivity index (χ0n) is 26.5. The third kappa shape index (κ3) is 8.60. The summed E-state index contributed by atoms with van der Waals surface area (Å²) in [5.41, 5.74) is 3.70. The van der Waals surface area contributed by atoms with Gasteiger partial charge in [-0.2, -0.15) is 0 Å². The minimum Gasteiger partial charge on any atom is -0.493 e. The maximum atomic E-state index is 13.3. The molecule has 0 spiro atoms. The van der Waals surface area contributed by atoms with E-state index in [1.165, 1.54) is 11.1 Å². The average molecular weight is 608 g/mol. The van der Waals surface area contributed by atoms with Crippen LogP contribution >= 0.6 is 11.6 Å². The van der Waals surface area contributed by atoms with E-state index in [4.69, 9.17) is 30.5 Å². The Morgan fingerprint density at radius 3 is 2.30 bits per heavy atom. The molecular weight excluding hydrogens is 562 g/mol. The molecule has 1 heterocycles. The Morgan fingerprint density at radius 1 is 0.860 bits per heavy atom. The largest absolute Gasteiger partial charge is 0.493 e. The van der Waals surface area contributed by atoms with E-state index in [1.54, 1.807) is 24.3 Å². The van der Waals surface area contributed by atoms with E-state index in [1.807, 2.05) is 23.1 Å². The van der Waals surface area contributed by atoms with Crippen molar-refractivity contribution in [2.75, 3.05) is 26.6 Å². The van der Waals surface area contributed by atoms with Crippen molar-refractivity contribution in [1.82, 2.24) is 4.90 Å². The van der Waals surface area contributed by atoms with E-state index in [0.717, 1.165) is 42.7 Å². The Labute approximate surface area is 262 Å². The predicted molar refractivity (Wildman–Crippen MR) is 173 cm³/mol. The molecule has 0 saturated heterocycles. The summed E-state index contributed by atoms with van der Waals surface area (Å²) in [6, 6.07) is 19.5. The molecule has 3 aromatic rings. The molecule has 0 radical (unpaired) electrons. The molecule has 0 unspecified atom stereocenters. The summed E-state index contributed by atoms with van der Waals surface area (Å²) in [5, 5.41) is 0.622. The van der Waals surface area contributed by atoms with Gasteiger partial charge in [-0.25, -0.2) is 0 Å². The van der Waals surface area contributed by atoms with Gasteiger partial charge in [-0.05, 0) is 90.1 Å². The van der Waals surface area contributed by atoms with E-state index in [0.29, 0.717) is 36.2 Å². The van der Waals surface area contributed by atoms with E-state index in [9.17, 15) is 4.79 Å². The number of fused-ring (bicyclic) bond motifs is 1. The van der Waals surface area contributed by atoms with Crippen molar-refractivity contribution < 1.29 is 23.7 Å². The summed E-state index contributed by atoms with van der Waals surface area (Å²) in [7, 11) is 0. The average Bonchev–Trinajstić information content (AvgIpc) is 3.48. The van der Waals surface area contributed by atoms with Crippen molar-refractivity contribution in [2.45, 2.75) is 84.6 Å². The van der Waals surface area contributed by atoms with Crippen molar-refractivity contribution >= 4 is 17.5 Å². The van der Waals surface area contributed by atoms with E-state index >= 15 is 0 Å². The third-order valence-corrected chi connectivity index (χ3v) is 8.93. The molecule has 0 aromatic heterocycles. The number of rotatable bonds is 15. The molecule has 1 amide bonds. The van der Waals surface area contributed by atoms with Crippen LogP contribution in [0.2, 0.25) is 5.02 Å². The first-order valence-corrected chi connectivity index (χ1v) is 15.7. The number of unbranched alkanes of at least 4 members (excludes halogenated alkanes) is 1. The Balaban J connectivity index is 1.39. The van der Waals surface area contributed by atoms with Gasteiger partial charge in [0.15, 0.2) is 18.1 Å². The molecule has 4 rings (SSSR count).